The summed E-state index contributed by atoms with van der Waals surface area (Å²) < 4.78 is 0. The molecule has 4 nitrogen and oxygen atoms in total. The zero-order chi connectivity index (χ0) is 17.9. The highest BCUT2D eigenvalue weighted by atomic mass is 16.7. The van der Waals surface area contributed by atoms with Crippen molar-refractivity contribution < 1.29 is 14.4 Å². The summed E-state index contributed by atoms with van der Waals surface area (Å²) >= 11 is 0. The summed E-state index contributed by atoms with van der Waals surface area (Å²) in [6, 6.07) is 14.2. The minimum absolute atomic E-state index is 0.344. The predicted octanol–water partition coefficient (Wildman–Crippen LogP) is 4.32. The van der Waals surface area contributed by atoms with E-state index in [1.807, 2.05) is 58.9 Å². The van der Waals surface area contributed by atoms with E-state index in [2.05, 4.69) is 0 Å². The Bertz CT molecular complexity index is 725. The number of hydrogen-bond acceptors (Lipinski definition) is 3. The van der Waals surface area contributed by atoms with Crippen LogP contribution in [0.25, 0.3) is 0 Å². The van der Waals surface area contributed by atoms with Crippen molar-refractivity contribution in [3.63, 3.8) is 0 Å². The van der Waals surface area contributed by atoms with E-state index in [1.54, 1.807) is 24.3 Å². The molecular formula is C20H23NO3. The van der Waals surface area contributed by atoms with Gasteiger partial charge in [0.05, 0.1) is 11.1 Å². The van der Waals surface area contributed by atoms with Crippen molar-refractivity contribution >= 4 is 11.9 Å². The first kappa shape index (κ1) is 17.7. The number of nitrogens with zero attached hydrogens (tertiary/aromatic N) is 1. The zero-order valence-electron chi connectivity index (χ0n) is 14.8. The highest BCUT2D eigenvalue weighted by molar-refractivity contribution is 5.96. The van der Waals surface area contributed by atoms with Gasteiger partial charge in [-0.15, -0.1) is 0 Å². The van der Waals surface area contributed by atoms with Crippen LogP contribution in [-0.4, -0.2) is 22.5 Å². The fourth-order valence-corrected chi connectivity index (χ4v) is 2.12. The second-order valence-corrected chi connectivity index (χ2v) is 6.88. The number of hydrogen-bond donors (Lipinski definition) is 0. The number of amides is 1. The van der Waals surface area contributed by atoms with Crippen LogP contribution in [0, 0.1) is 13.8 Å². The Balaban J connectivity index is 2.25. The van der Waals surface area contributed by atoms with Crippen molar-refractivity contribution in [3.8, 4) is 0 Å². The molecule has 0 aliphatic carbocycles. The van der Waals surface area contributed by atoms with Crippen LogP contribution in [0.1, 0.15) is 52.6 Å². The minimum atomic E-state index is -0.664. The molecule has 0 aromatic heterocycles. The van der Waals surface area contributed by atoms with Gasteiger partial charge in [0.25, 0.3) is 5.91 Å². The molecule has 2 rings (SSSR count). The van der Waals surface area contributed by atoms with Gasteiger partial charge in [-0.05, 0) is 58.9 Å². The SMILES string of the molecule is Cc1ccc(C(=O)ON(C(=O)c2ccc(C)cc2)C(C)(C)C)cc1. The van der Waals surface area contributed by atoms with Crippen molar-refractivity contribution in [2.75, 3.05) is 0 Å². The lowest BCUT2D eigenvalue weighted by Crippen LogP contribution is -2.46. The van der Waals surface area contributed by atoms with Gasteiger partial charge in [-0.1, -0.05) is 35.4 Å². The van der Waals surface area contributed by atoms with E-state index in [9.17, 15) is 9.59 Å². The highest BCUT2D eigenvalue weighted by Gasteiger charge is 2.32. The van der Waals surface area contributed by atoms with Crippen LogP contribution < -0.4 is 0 Å². The van der Waals surface area contributed by atoms with E-state index in [-0.39, 0.29) is 5.91 Å². The van der Waals surface area contributed by atoms with Gasteiger partial charge in [0.2, 0.25) is 0 Å². The molecule has 0 unspecified atom stereocenters. The number of carbonyl (C=O) groups excluding carboxylic acids is 2. The van der Waals surface area contributed by atoms with Crippen LogP contribution in [0.4, 0.5) is 0 Å². The summed E-state index contributed by atoms with van der Waals surface area (Å²) in [6.07, 6.45) is 0. The van der Waals surface area contributed by atoms with Crippen LogP contribution in [0.5, 0.6) is 0 Å². The van der Waals surface area contributed by atoms with Gasteiger partial charge in [-0.2, -0.15) is 5.06 Å². The molecule has 0 saturated heterocycles. The molecule has 0 N–H and O–H groups in total. The lowest BCUT2D eigenvalue weighted by atomic mass is 10.1. The summed E-state index contributed by atoms with van der Waals surface area (Å²) in [5.74, 6) is -0.895. The Hall–Kier alpha value is -2.62. The zero-order valence-corrected chi connectivity index (χ0v) is 14.8. The summed E-state index contributed by atoms with van der Waals surface area (Å²) in [6.45, 7) is 9.36. The van der Waals surface area contributed by atoms with Gasteiger partial charge in [0, 0.05) is 5.56 Å². The van der Waals surface area contributed by atoms with Crippen molar-refractivity contribution in [2.24, 2.45) is 0 Å². The minimum Gasteiger partial charge on any atom is -0.332 e. The third-order valence-corrected chi connectivity index (χ3v) is 3.55. The molecule has 0 saturated carbocycles. The van der Waals surface area contributed by atoms with Crippen LogP contribution >= 0.6 is 0 Å². The predicted molar refractivity (Wildman–Crippen MR) is 93.7 cm³/mol. The fourth-order valence-electron chi connectivity index (χ4n) is 2.12. The molecule has 126 valence electrons. The first-order valence-electron chi connectivity index (χ1n) is 7.88. The van der Waals surface area contributed by atoms with E-state index in [4.69, 9.17) is 4.84 Å². The Kier molecular flexibility index (Phi) is 5.07. The van der Waals surface area contributed by atoms with Gasteiger partial charge >= 0.3 is 5.97 Å². The number of rotatable bonds is 2. The molecule has 2 aromatic rings. The van der Waals surface area contributed by atoms with Gasteiger partial charge in [0.15, 0.2) is 0 Å². The lowest BCUT2D eigenvalue weighted by molar-refractivity contribution is -0.127. The van der Waals surface area contributed by atoms with E-state index in [1.165, 1.54) is 0 Å². The monoisotopic (exact) mass is 325 g/mol. The molecule has 0 aliphatic heterocycles. The van der Waals surface area contributed by atoms with Crippen LogP contribution in [0.3, 0.4) is 0 Å². The molecule has 0 radical (unpaired) electrons. The Labute approximate surface area is 143 Å². The molecule has 0 spiro atoms. The average molecular weight is 325 g/mol. The fraction of sp³-hybridized carbons (Fsp3) is 0.300. The third-order valence-electron chi connectivity index (χ3n) is 3.55. The summed E-state index contributed by atoms with van der Waals surface area (Å²) in [5, 5.41) is 1.14. The van der Waals surface area contributed by atoms with Crippen molar-refractivity contribution in [3.05, 3.63) is 70.8 Å². The van der Waals surface area contributed by atoms with Crippen LogP contribution in [-0.2, 0) is 4.84 Å². The summed E-state index contributed by atoms with van der Waals surface area (Å²) in [4.78, 5) is 30.6. The molecule has 4 heteroatoms. The van der Waals surface area contributed by atoms with Gasteiger partial charge in [-0.3, -0.25) is 4.79 Å². The molecule has 0 aliphatic rings. The molecule has 0 bridgehead atoms. The first-order valence-corrected chi connectivity index (χ1v) is 7.88. The maximum Gasteiger partial charge on any atom is 0.363 e. The second-order valence-electron chi connectivity index (χ2n) is 6.88. The number of aryl methyl sites for hydroxylation is 2. The number of benzene rings is 2. The van der Waals surface area contributed by atoms with Crippen LogP contribution in [0.15, 0.2) is 48.5 Å². The van der Waals surface area contributed by atoms with Gasteiger partial charge in [-0.25, -0.2) is 4.79 Å². The normalized spacial score (nSPS) is 11.0. The summed E-state index contributed by atoms with van der Waals surface area (Å²) in [5.41, 5.74) is 2.33. The van der Waals surface area contributed by atoms with E-state index < -0.39 is 11.5 Å². The van der Waals surface area contributed by atoms with Crippen LogP contribution in [0.2, 0.25) is 0 Å². The Morgan fingerprint density at radius 3 is 1.62 bits per heavy atom. The quantitative estimate of drug-likeness (QED) is 0.773. The maximum absolute atomic E-state index is 12.8. The first-order chi connectivity index (χ1) is 11.2. The molecule has 0 fully saturated rings. The highest BCUT2D eigenvalue weighted by Crippen LogP contribution is 2.20. The molecule has 24 heavy (non-hydrogen) atoms. The molecule has 1 amide bonds. The third kappa shape index (κ3) is 4.22. The Morgan fingerprint density at radius 2 is 1.21 bits per heavy atom. The molecule has 2 aromatic carbocycles. The topological polar surface area (TPSA) is 46.6 Å². The number of carbonyl (C=O) groups is 2. The van der Waals surface area contributed by atoms with E-state index in [0.717, 1.165) is 16.2 Å². The van der Waals surface area contributed by atoms with Crippen molar-refractivity contribution in [1.82, 2.24) is 5.06 Å². The molecular weight excluding hydrogens is 302 g/mol. The largest absolute Gasteiger partial charge is 0.363 e. The second kappa shape index (κ2) is 6.87. The summed E-state index contributed by atoms with van der Waals surface area (Å²) in [7, 11) is 0. The van der Waals surface area contributed by atoms with E-state index in [0.29, 0.717) is 11.1 Å². The van der Waals surface area contributed by atoms with Gasteiger partial charge in [0.1, 0.15) is 0 Å². The van der Waals surface area contributed by atoms with E-state index >= 15 is 0 Å². The smallest absolute Gasteiger partial charge is 0.332 e. The number of hydroxylamine groups is 2. The maximum atomic E-state index is 12.8. The van der Waals surface area contributed by atoms with Crippen molar-refractivity contribution in [2.45, 2.75) is 40.2 Å². The standard InChI is InChI=1S/C20H23NO3/c1-14-6-10-16(11-7-14)18(22)21(20(3,4)5)24-19(23)17-12-8-15(2)9-13-17/h6-13H,1-5H3. The van der Waals surface area contributed by atoms with Crippen molar-refractivity contribution in [1.29, 1.82) is 0 Å². The van der Waals surface area contributed by atoms with Gasteiger partial charge < -0.3 is 4.84 Å². The lowest BCUT2D eigenvalue weighted by Gasteiger charge is -2.33. The average Bonchev–Trinajstić information content (AvgIpc) is 2.52. The molecule has 0 atom stereocenters. The Morgan fingerprint density at radius 1 is 0.792 bits per heavy atom. The molecule has 0 heterocycles.